The third kappa shape index (κ3) is 5.88. The van der Waals surface area contributed by atoms with Crippen molar-refractivity contribution in [2.75, 3.05) is 11.9 Å². The zero-order chi connectivity index (χ0) is 16.7. The molecule has 0 radical (unpaired) electrons. The van der Waals surface area contributed by atoms with Crippen LogP contribution in [0.25, 0.3) is 0 Å². The molecule has 2 aromatic carbocycles. The van der Waals surface area contributed by atoms with Gasteiger partial charge < -0.3 is 10.6 Å². The van der Waals surface area contributed by atoms with Crippen LogP contribution in [0.5, 0.6) is 0 Å². The van der Waals surface area contributed by atoms with Crippen molar-refractivity contribution in [3.8, 4) is 0 Å². The quantitative estimate of drug-likeness (QED) is 0.530. The highest BCUT2D eigenvalue weighted by Gasteiger charge is 2.03. The van der Waals surface area contributed by atoms with Crippen molar-refractivity contribution in [3.63, 3.8) is 0 Å². The van der Waals surface area contributed by atoms with E-state index in [1.807, 2.05) is 0 Å². The Morgan fingerprint density at radius 1 is 1.09 bits per heavy atom. The predicted octanol–water partition coefficient (Wildman–Crippen LogP) is 5.54. The number of nitrogens with one attached hydrogen (secondary N) is 2. The Morgan fingerprint density at radius 2 is 1.83 bits per heavy atom. The van der Waals surface area contributed by atoms with E-state index in [4.69, 9.17) is 12.2 Å². The molecule has 0 unspecified atom stereocenters. The van der Waals surface area contributed by atoms with Crippen LogP contribution in [0.4, 0.5) is 5.69 Å². The first-order valence-corrected chi connectivity index (χ1v) is 9.21. The molecule has 2 N–H and O–H groups in total. The van der Waals surface area contributed by atoms with Crippen LogP contribution in [-0.2, 0) is 0 Å². The topological polar surface area (TPSA) is 24.1 Å². The lowest BCUT2D eigenvalue weighted by molar-refractivity contribution is 0.758. The fourth-order valence-electron chi connectivity index (χ4n) is 2.20. The minimum atomic E-state index is 0.688. The number of thiocarbonyl (C=S) groups is 1. The molecule has 0 fully saturated rings. The van der Waals surface area contributed by atoms with Gasteiger partial charge in [-0.05, 0) is 68.4 Å². The lowest BCUT2D eigenvalue weighted by atomic mass is 10.2. The lowest BCUT2D eigenvalue weighted by Crippen LogP contribution is -2.29. The summed E-state index contributed by atoms with van der Waals surface area (Å²) in [5, 5.41) is 7.12. The van der Waals surface area contributed by atoms with Gasteiger partial charge in [0, 0.05) is 22.0 Å². The zero-order valence-electron chi connectivity index (χ0n) is 14.0. The van der Waals surface area contributed by atoms with Crippen molar-refractivity contribution < 1.29 is 0 Å². The highest BCUT2D eigenvalue weighted by molar-refractivity contribution is 7.99. The van der Waals surface area contributed by atoms with E-state index in [-0.39, 0.29) is 0 Å². The number of rotatable bonds is 6. The Balaban J connectivity index is 1.92. The standard InChI is InChI=1S/C19H24N2S2/c1-4-5-12-20-19(22)21-16-7-9-17(10-8-16)23-18-11-6-14(2)13-15(18)3/h6-11,13H,4-5,12H2,1-3H3,(H2,20,21,22). The van der Waals surface area contributed by atoms with E-state index in [9.17, 15) is 0 Å². The second-order valence-electron chi connectivity index (χ2n) is 5.63. The SMILES string of the molecule is CCCCNC(=S)Nc1ccc(Sc2ccc(C)cc2C)cc1. The monoisotopic (exact) mass is 344 g/mol. The van der Waals surface area contributed by atoms with E-state index in [0.717, 1.165) is 18.7 Å². The minimum Gasteiger partial charge on any atom is -0.362 e. The smallest absolute Gasteiger partial charge is 0.170 e. The van der Waals surface area contributed by atoms with Crippen LogP contribution in [0.15, 0.2) is 52.3 Å². The van der Waals surface area contributed by atoms with Crippen molar-refractivity contribution in [2.45, 2.75) is 43.4 Å². The van der Waals surface area contributed by atoms with Crippen LogP contribution in [0.1, 0.15) is 30.9 Å². The van der Waals surface area contributed by atoms with E-state index in [0.29, 0.717) is 5.11 Å². The largest absolute Gasteiger partial charge is 0.362 e. The summed E-state index contributed by atoms with van der Waals surface area (Å²) < 4.78 is 0. The van der Waals surface area contributed by atoms with Gasteiger partial charge in [-0.25, -0.2) is 0 Å². The number of benzene rings is 2. The molecule has 0 bridgehead atoms. The number of hydrogen-bond acceptors (Lipinski definition) is 2. The molecule has 0 aliphatic heterocycles. The molecule has 0 amide bonds. The molecule has 0 saturated heterocycles. The molecule has 0 aromatic heterocycles. The molecule has 0 aliphatic rings. The number of unbranched alkanes of at least 4 members (excludes halogenated alkanes) is 1. The molecular weight excluding hydrogens is 320 g/mol. The minimum absolute atomic E-state index is 0.688. The second-order valence-corrected chi connectivity index (χ2v) is 7.15. The third-order valence-corrected chi connectivity index (χ3v) is 4.92. The van der Waals surface area contributed by atoms with Gasteiger partial charge in [-0.15, -0.1) is 0 Å². The summed E-state index contributed by atoms with van der Waals surface area (Å²) in [6, 6.07) is 15.0. The molecule has 2 aromatic rings. The maximum atomic E-state index is 5.29. The van der Waals surface area contributed by atoms with Gasteiger partial charge in [-0.2, -0.15) is 0 Å². The average molecular weight is 345 g/mol. The first kappa shape index (κ1) is 17.8. The molecule has 2 nitrogen and oxygen atoms in total. The van der Waals surface area contributed by atoms with E-state index < -0.39 is 0 Å². The first-order chi connectivity index (χ1) is 11.1. The second kappa shape index (κ2) is 8.94. The highest BCUT2D eigenvalue weighted by atomic mass is 32.2. The van der Waals surface area contributed by atoms with E-state index in [2.05, 4.69) is 73.9 Å². The molecule has 0 saturated carbocycles. The number of hydrogen-bond donors (Lipinski definition) is 2. The van der Waals surface area contributed by atoms with Crippen LogP contribution in [-0.4, -0.2) is 11.7 Å². The molecular formula is C19H24N2S2. The van der Waals surface area contributed by atoms with Gasteiger partial charge in [-0.3, -0.25) is 0 Å². The van der Waals surface area contributed by atoms with E-state index >= 15 is 0 Å². The fraction of sp³-hybridized carbons (Fsp3) is 0.316. The van der Waals surface area contributed by atoms with E-state index in [1.165, 1.54) is 27.3 Å². The Hall–Kier alpha value is -1.52. The summed E-state index contributed by atoms with van der Waals surface area (Å²) in [6.45, 7) is 7.37. The molecule has 23 heavy (non-hydrogen) atoms. The molecule has 2 rings (SSSR count). The summed E-state index contributed by atoms with van der Waals surface area (Å²) in [4.78, 5) is 2.53. The van der Waals surface area contributed by atoms with Gasteiger partial charge in [0.1, 0.15) is 0 Å². The van der Waals surface area contributed by atoms with Crippen molar-refractivity contribution in [2.24, 2.45) is 0 Å². The molecule has 0 spiro atoms. The molecule has 0 heterocycles. The van der Waals surface area contributed by atoms with Crippen molar-refractivity contribution in [1.82, 2.24) is 5.32 Å². The summed E-state index contributed by atoms with van der Waals surface area (Å²) in [7, 11) is 0. The van der Waals surface area contributed by atoms with E-state index in [1.54, 1.807) is 11.8 Å². The first-order valence-electron chi connectivity index (χ1n) is 7.98. The van der Waals surface area contributed by atoms with Crippen LogP contribution in [0.3, 0.4) is 0 Å². The summed E-state index contributed by atoms with van der Waals surface area (Å²) in [6.07, 6.45) is 2.30. The summed E-state index contributed by atoms with van der Waals surface area (Å²) in [5.74, 6) is 0. The van der Waals surface area contributed by atoms with Gasteiger partial charge >= 0.3 is 0 Å². The zero-order valence-corrected chi connectivity index (χ0v) is 15.6. The maximum absolute atomic E-state index is 5.29. The number of anilines is 1. The lowest BCUT2D eigenvalue weighted by Gasteiger charge is -2.11. The Morgan fingerprint density at radius 3 is 2.48 bits per heavy atom. The Bertz CT molecular complexity index is 651. The summed E-state index contributed by atoms with van der Waals surface area (Å²) in [5.41, 5.74) is 3.64. The van der Waals surface area contributed by atoms with Crippen LogP contribution >= 0.6 is 24.0 Å². The predicted molar refractivity (Wildman–Crippen MR) is 106 cm³/mol. The maximum Gasteiger partial charge on any atom is 0.170 e. The highest BCUT2D eigenvalue weighted by Crippen LogP contribution is 2.31. The number of aryl methyl sites for hydroxylation is 2. The van der Waals surface area contributed by atoms with Crippen molar-refractivity contribution in [1.29, 1.82) is 0 Å². The van der Waals surface area contributed by atoms with Crippen molar-refractivity contribution in [3.05, 3.63) is 53.6 Å². The fourth-order valence-corrected chi connectivity index (χ4v) is 3.30. The molecule has 122 valence electrons. The Kier molecular flexibility index (Phi) is 6.93. The normalized spacial score (nSPS) is 10.4. The van der Waals surface area contributed by atoms with Gasteiger partial charge in [0.2, 0.25) is 0 Å². The van der Waals surface area contributed by atoms with Gasteiger partial charge in [0.15, 0.2) is 5.11 Å². The van der Waals surface area contributed by atoms with Gasteiger partial charge in [0.25, 0.3) is 0 Å². The van der Waals surface area contributed by atoms with Gasteiger partial charge in [-0.1, -0.05) is 42.8 Å². The van der Waals surface area contributed by atoms with Crippen molar-refractivity contribution >= 4 is 34.8 Å². The third-order valence-electron chi connectivity index (χ3n) is 3.49. The molecule has 0 aliphatic carbocycles. The summed E-state index contributed by atoms with van der Waals surface area (Å²) >= 11 is 7.08. The average Bonchev–Trinajstić information content (AvgIpc) is 2.52. The van der Waals surface area contributed by atoms with Crippen LogP contribution < -0.4 is 10.6 Å². The molecule has 0 atom stereocenters. The Labute approximate surface area is 149 Å². The van der Waals surface area contributed by atoms with Gasteiger partial charge in [0.05, 0.1) is 0 Å². The van der Waals surface area contributed by atoms with Crippen LogP contribution in [0.2, 0.25) is 0 Å². The molecule has 4 heteroatoms. The van der Waals surface area contributed by atoms with Crippen LogP contribution in [0, 0.1) is 13.8 Å².